The normalized spacial score (nSPS) is 14.4. The van der Waals surface area contributed by atoms with E-state index in [0.717, 1.165) is 38.3 Å². The van der Waals surface area contributed by atoms with E-state index in [2.05, 4.69) is 46.9 Å². The lowest BCUT2D eigenvalue weighted by molar-refractivity contribution is 0.585. The number of hydrogen-bond acceptors (Lipinski definition) is 2. The molecular formula is C22H19N2OP. The molecule has 0 aliphatic carbocycles. The molecule has 0 N–H and O–H groups in total. The molecule has 0 spiro atoms. The van der Waals surface area contributed by atoms with Crippen molar-refractivity contribution in [3.8, 4) is 0 Å². The van der Waals surface area contributed by atoms with Crippen molar-refractivity contribution < 1.29 is 4.57 Å². The van der Waals surface area contributed by atoms with Gasteiger partial charge < -0.3 is 4.57 Å². The van der Waals surface area contributed by atoms with Crippen molar-refractivity contribution in [3.63, 3.8) is 0 Å². The molecule has 1 atom stereocenters. The molecule has 2 aromatic heterocycles. The molecule has 4 heteroatoms. The van der Waals surface area contributed by atoms with Gasteiger partial charge in [-0.05, 0) is 36.3 Å². The van der Waals surface area contributed by atoms with E-state index in [1.807, 2.05) is 37.9 Å². The minimum absolute atomic E-state index is 0.665. The Kier molecular flexibility index (Phi) is 3.26. The highest BCUT2D eigenvalue weighted by atomic mass is 31.2. The predicted octanol–water partition coefficient (Wildman–Crippen LogP) is 5.43. The molecule has 26 heavy (non-hydrogen) atoms. The Morgan fingerprint density at radius 2 is 1.62 bits per heavy atom. The summed E-state index contributed by atoms with van der Waals surface area (Å²) in [4.78, 5) is 4.92. The van der Waals surface area contributed by atoms with Gasteiger partial charge in [-0.3, -0.25) is 4.40 Å². The molecule has 2 heterocycles. The topological polar surface area (TPSA) is 34.4 Å². The van der Waals surface area contributed by atoms with E-state index in [1.165, 1.54) is 5.39 Å². The highest BCUT2D eigenvalue weighted by Crippen LogP contribution is 2.41. The molecule has 5 rings (SSSR count). The molecule has 3 aromatic carbocycles. The van der Waals surface area contributed by atoms with Crippen molar-refractivity contribution in [2.45, 2.75) is 6.92 Å². The zero-order valence-corrected chi connectivity index (χ0v) is 15.7. The van der Waals surface area contributed by atoms with Gasteiger partial charge in [-0.2, -0.15) is 0 Å². The maximum Gasteiger partial charge on any atom is 0.146 e. The largest absolute Gasteiger partial charge is 0.319 e. The van der Waals surface area contributed by atoms with Crippen LogP contribution in [0, 0.1) is 0 Å². The van der Waals surface area contributed by atoms with Gasteiger partial charge >= 0.3 is 0 Å². The van der Waals surface area contributed by atoms with E-state index in [-0.39, 0.29) is 0 Å². The van der Waals surface area contributed by atoms with Crippen molar-refractivity contribution in [3.05, 3.63) is 66.7 Å². The minimum Gasteiger partial charge on any atom is -0.319 e. The fraction of sp³-hybridized carbons (Fsp3) is 0.136. The molecule has 3 nitrogen and oxygen atoms in total. The summed E-state index contributed by atoms with van der Waals surface area (Å²) in [6.07, 6.45) is 0.665. The van der Waals surface area contributed by atoms with Crippen LogP contribution in [0.4, 0.5) is 0 Å². The molecule has 0 bridgehead atoms. The van der Waals surface area contributed by atoms with Crippen LogP contribution in [0.15, 0.2) is 66.7 Å². The van der Waals surface area contributed by atoms with Gasteiger partial charge in [0.1, 0.15) is 12.8 Å². The summed E-state index contributed by atoms with van der Waals surface area (Å²) >= 11 is 0. The molecule has 0 saturated heterocycles. The monoisotopic (exact) mass is 358 g/mol. The minimum atomic E-state index is -2.34. The number of rotatable bonds is 2. The molecule has 0 aliphatic rings. The third kappa shape index (κ3) is 2.07. The van der Waals surface area contributed by atoms with Crippen molar-refractivity contribution in [1.29, 1.82) is 0 Å². The molecule has 0 fully saturated rings. The molecule has 5 aromatic rings. The lowest BCUT2D eigenvalue weighted by Crippen LogP contribution is -2.06. The number of para-hydroxylation sites is 3. The van der Waals surface area contributed by atoms with E-state index < -0.39 is 7.14 Å². The molecular weight excluding hydrogens is 339 g/mol. The molecule has 128 valence electrons. The van der Waals surface area contributed by atoms with Gasteiger partial charge in [0.2, 0.25) is 0 Å². The first-order valence-corrected chi connectivity index (χ1v) is 11.2. The number of benzene rings is 3. The molecule has 0 saturated carbocycles. The van der Waals surface area contributed by atoms with Gasteiger partial charge in [0.25, 0.3) is 0 Å². The smallest absolute Gasteiger partial charge is 0.146 e. The number of fused-ring (bicyclic) bond motifs is 8. The average molecular weight is 358 g/mol. The van der Waals surface area contributed by atoms with E-state index >= 15 is 0 Å². The maximum atomic E-state index is 13.0. The quantitative estimate of drug-likeness (QED) is 0.311. The first kappa shape index (κ1) is 15.6. The van der Waals surface area contributed by atoms with Crippen LogP contribution in [-0.4, -0.2) is 22.2 Å². The van der Waals surface area contributed by atoms with Crippen molar-refractivity contribution in [1.82, 2.24) is 9.38 Å². The van der Waals surface area contributed by atoms with Gasteiger partial charge in [-0.25, -0.2) is 4.98 Å². The van der Waals surface area contributed by atoms with Gasteiger partial charge in [0, 0.05) is 22.2 Å². The zero-order chi connectivity index (χ0) is 17.9. The second-order valence-corrected chi connectivity index (χ2v) is 10.3. The Labute approximate surface area is 151 Å². The predicted molar refractivity (Wildman–Crippen MR) is 111 cm³/mol. The molecule has 0 radical (unpaired) electrons. The van der Waals surface area contributed by atoms with Crippen molar-refractivity contribution >= 4 is 50.8 Å². The van der Waals surface area contributed by atoms with Gasteiger partial charge in [0.15, 0.2) is 0 Å². The first-order valence-electron chi connectivity index (χ1n) is 8.89. The summed E-state index contributed by atoms with van der Waals surface area (Å²) in [6, 6.07) is 22.9. The van der Waals surface area contributed by atoms with E-state index in [0.29, 0.717) is 6.16 Å². The zero-order valence-electron chi connectivity index (χ0n) is 14.8. The summed E-state index contributed by atoms with van der Waals surface area (Å²) in [5, 5.41) is 4.33. The second-order valence-electron chi connectivity index (χ2n) is 6.92. The Hall–Kier alpha value is -2.64. The maximum absolute atomic E-state index is 13.0. The van der Waals surface area contributed by atoms with E-state index in [1.54, 1.807) is 0 Å². The third-order valence-corrected chi connectivity index (χ3v) is 7.97. The van der Waals surface area contributed by atoms with Crippen LogP contribution in [0.25, 0.3) is 38.4 Å². The summed E-state index contributed by atoms with van der Waals surface area (Å²) in [7, 11) is -2.34. The highest BCUT2D eigenvalue weighted by molar-refractivity contribution is 7.70. The molecule has 0 amide bonds. The Balaban J connectivity index is 2.07. The van der Waals surface area contributed by atoms with Gasteiger partial charge in [-0.15, -0.1) is 0 Å². The van der Waals surface area contributed by atoms with Crippen LogP contribution in [0.1, 0.15) is 6.92 Å². The summed E-state index contributed by atoms with van der Waals surface area (Å²) in [5.74, 6) is 0. The Morgan fingerprint density at radius 1 is 0.885 bits per heavy atom. The van der Waals surface area contributed by atoms with E-state index in [9.17, 15) is 4.57 Å². The summed E-state index contributed by atoms with van der Waals surface area (Å²) in [6.45, 7) is 3.86. The molecule has 0 aliphatic heterocycles. The number of pyridine rings is 1. The fourth-order valence-corrected chi connectivity index (χ4v) is 4.93. The van der Waals surface area contributed by atoms with Crippen LogP contribution in [-0.2, 0) is 4.57 Å². The van der Waals surface area contributed by atoms with Gasteiger partial charge in [0.05, 0.1) is 16.6 Å². The number of hydrogen-bond donors (Lipinski definition) is 0. The lowest BCUT2D eigenvalue weighted by atomic mass is 10.1. The van der Waals surface area contributed by atoms with Crippen molar-refractivity contribution in [2.75, 3.05) is 12.8 Å². The number of nitrogens with zero attached hydrogens (tertiary/aromatic N) is 2. The van der Waals surface area contributed by atoms with Crippen LogP contribution in [0.2, 0.25) is 0 Å². The lowest BCUT2D eigenvalue weighted by Gasteiger charge is -2.14. The van der Waals surface area contributed by atoms with Crippen LogP contribution in [0.3, 0.4) is 0 Å². The number of aromatic nitrogens is 2. The van der Waals surface area contributed by atoms with Crippen LogP contribution < -0.4 is 5.30 Å². The summed E-state index contributed by atoms with van der Waals surface area (Å²) < 4.78 is 15.2. The van der Waals surface area contributed by atoms with Gasteiger partial charge in [-0.1, -0.05) is 49.4 Å². The Bertz CT molecular complexity index is 1370. The Morgan fingerprint density at radius 3 is 2.42 bits per heavy atom. The SMILES string of the molecule is CCP(C)(=O)c1ccc2c3ccccc3n3c4ccccc4nc3c2c1. The fourth-order valence-electron chi connectivity index (χ4n) is 3.78. The number of imidazole rings is 1. The molecule has 1 unspecified atom stereocenters. The average Bonchev–Trinajstić information content (AvgIpc) is 3.08. The van der Waals surface area contributed by atoms with E-state index in [4.69, 9.17) is 4.98 Å². The van der Waals surface area contributed by atoms with Crippen LogP contribution in [0.5, 0.6) is 0 Å². The summed E-state index contributed by atoms with van der Waals surface area (Å²) in [5.41, 5.74) is 4.15. The standard InChI is InChI=1S/C22H19N2OP/c1-3-26(2,25)15-12-13-16-17-8-4-6-10-20(17)24-21-11-7-5-9-19(21)23-22(24)18(16)14-15/h4-14H,3H2,1-2H3. The first-order chi connectivity index (χ1) is 12.6. The third-order valence-electron chi connectivity index (χ3n) is 5.39. The highest BCUT2D eigenvalue weighted by Gasteiger charge is 2.19. The van der Waals surface area contributed by atoms with Crippen molar-refractivity contribution in [2.24, 2.45) is 0 Å². The van der Waals surface area contributed by atoms with Crippen LogP contribution >= 0.6 is 7.14 Å². The second kappa shape index (κ2) is 5.43.